The van der Waals surface area contributed by atoms with Gasteiger partial charge in [-0.2, -0.15) is 0 Å². The molecule has 0 aliphatic heterocycles. The Hall–Kier alpha value is -2.07. The predicted molar refractivity (Wildman–Crippen MR) is 67.1 cm³/mol. The largest absolute Gasteiger partial charge is 0.387 e. The fourth-order valence-electron chi connectivity index (χ4n) is 2.20. The molecule has 0 saturated heterocycles. The van der Waals surface area contributed by atoms with Crippen molar-refractivity contribution in [2.45, 2.75) is 13.0 Å². The van der Waals surface area contributed by atoms with Crippen LogP contribution in [0, 0.1) is 0 Å². The van der Waals surface area contributed by atoms with Crippen molar-refractivity contribution in [2.24, 2.45) is 0 Å². The second-order valence-corrected chi connectivity index (χ2v) is 4.18. The van der Waals surface area contributed by atoms with Gasteiger partial charge in [0.05, 0.1) is 17.3 Å². The van der Waals surface area contributed by atoms with E-state index >= 15 is 0 Å². The zero-order valence-electron chi connectivity index (χ0n) is 9.32. The number of H-pyrrole nitrogens is 2. The maximum atomic E-state index is 11.6. The molecule has 86 valence electrons. The smallest absolute Gasteiger partial charge is 0.248 e. The Labute approximate surface area is 96.9 Å². The number of para-hydroxylation sites is 1. The van der Waals surface area contributed by atoms with Crippen molar-refractivity contribution in [2.75, 3.05) is 0 Å². The van der Waals surface area contributed by atoms with Crippen LogP contribution in [0.5, 0.6) is 0 Å². The van der Waals surface area contributed by atoms with Crippen molar-refractivity contribution < 1.29 is 5.11 Å². The summed E-state index contributed by atoms with van der Waals surface area (Å²) >= 11 is 0. The topological polar surface area (TPSA) is 68.9 Å². The number of hydrogen-bond donors (Lipinski definition) is 3. The van der Waals surface area contributed by atoms with Crippen LogP contribution in [-0.4, -0.2) is 15.1 Å². The summed E-state index contributed by atoms with van der Waals surface area (Å²) in [7, 11) is 0. The van der Waals surface area contributed by atoms with E-state index in [4.69, 9.17) is 0 Å². The van der Waals surface area contributed by atoms with E-state index in [1.165, 1.54) is 0 Å². The fraction of sp³-hybridized carbons (Fsp3) is 0.154. The SMILES string of the molecule is C[C@H](O)c1[nH]c(=O)cc2c1[nH]c1ccccc12. The van der Waals surface area contributed by atoms with Gasteiger partial charge in [-0.05, 0) is 13.0 Å². The number of fused-ring (bicyclic) bond motifs is 3. The molecule has 17 heavy (non-hydrogen) atoms. The first-order valence-corrected chi connectivity index (χ1v) is 5.48. The highest BCUT2D eigenvalue weighted by Gasteiger charge is 2.12. The number of aliphatic hydroxyl groups excluding tert-OH is 1. The molecule has 0 aliphatic rings. The van der Waals surface area contributed by atoms with E-state index < -0.39 is 6.10 Å². The molecule has 0 spiro atoms. The summed E-state index contributed by atoms with van der Waals surface area (Å²) in [6.45, 7) is 1.64. The van der Waals surface area contributed by atoms with Gasteiger partial charge >= 0.3 is 0 Å². The Morgan fingerprint density at radius 1 is 1.18 bits per heavy atom. The van der Waals surface area contributed by atoms with Gasteiger partial charge in [0.2, 0.25) is 5.56 Å². The van der Waals surface area contributed by atoms with Gasteiger partial charge in [0.25, 0.3) is 0 Å². The van der Waals surface area contributed by atoms with Gasteiger partial charge in [0.1, 0.15) is 0 Å². The molecule has 4 nitrogen and oxygen atoms in total. The van der Waals surface area contributed by atoms with E-state index in [0.717, 1.165) is 21.8 Å². The molecule has 0 radical (unpaired) electrons. The Morgan fingerprint density at radius 3 is 2.71 bits per heavy atom. The third kappa shape index (κ3) is 1.45. The molecular weight excluding hydrogens is 216 g/mol. The van der Waals surface area contributed by atoms with Crippen molar-refractivity contribution >= 4 is 21.8 Å². The van der Waals surface area contributed by atoms with E-state index in [1.54, 1.807) is 13.0 Å². The first-order valence-electron chi connectivity index (χ1n) is 5.48. The number of rotatable bonds is 1. The van der Waals surface area contributed by atoms with Crippen molar-refractivity contribution in [1.29, 1.82) is 0 Å². The number of hydrogen-bond acceptors (Lipinski definition) is 2. The van der Waals surface area contributed by atoms with Gasteiger partial charge < -0.3 is 15.1 Å². The van der Waals surface area contributed by atoms with E-state index in [-0.39, 0.29) is 5.56 Å². The lowest BCUT2D eigenvalue weighted by Gasteiger charge is -2.05. The van der Waals surface area contributed by atoms with Gasteiger partial charge in [-0.1, -0.05) is 18.2 Å². The molecule has 3 aromatic rings. The molecule has 1 atom stereocenters. The minimum absolute atomic E-state index is 0.196. The summed E-state index contributed by atoms with van der Waals surface area (Å²) in [6, 6.07) is 9.32. The van der Waals surface area contributed by atoms with Crippen molar-refractivity contribution in [3.05, 3.63) is 46.4 Å². The zero-order valence-corrected chi connectivity index (χ0v) is 9.32. The highest BCUT2D eigenvalue weighted by atomic mass is 16.3. The minimum Gasteiger partial charge on any atom is -0.387 e. The summed E-state index contributed by atoms with van der Waals surface area (Å²) in [5.41, 5.74) is 2.09. The molecule has 0 aliphatic carbocycles. The second kappa shape index (κ2) is 3.46. The van der Waals surface area contributed by atoms with Gasteiger partial charge in [0, 0.05) is 22.4 Å². The summed E-state index contributed by atoms with van der Waals surface area (Å²) in [5, 5.41) is 11.5. The minimum atomic E-state index is -0.709. The van der Waals surface area contributed by atoms with Crippen LogP contribution in [0.4, 0.5) is 0 Å². The standard InChI is InChI=1S/C13H12N2O2/c1-7(16)12-13-9(6-11(17)15-12)8-4-2-3-5-10(8)14-13/h2-7,14,16H,1H3,(H,15,17)/t7-/m0/s1. The van der Waals surface area contributed by atoms with Crippen molar-refractivity contribution in [1.82, 2.24) is 9.97 Å². The lowest BCUT2D eigenvalue weighted by atomic mass is 10.1. The monoisotopic (exact) mass is 228 g/mol. The second-order valence-electron chi connectivity index (χ2n) is 4.18. The number of aromatic nitrogens is 2. The zero-order chi connectivity index (χ0) is 12.0. The van der Waals surface area contributed by atoms with Gasteiger partial charge in [-0.15, -0.1) is 0 Å². The van der Waals surface area contributed by atoms with Gasteiger partial charge in [-0.3, -0.25) is 4.79 Å². The van der Waals surface area contributed by atoms with Crippen LogP contribution in [-0.2, 0) is 0 Å². The fourth-order valence-corrected chi connectivity index (χ4v) is 2.20. The third-order valence-corrected chi connectivity index (χ3v) is 2.97. The average molecular weight is 228 g/mol. The highest BCUT2D eigenvalue weighted by molar-refractivity contribution is 6.07. The molecule has 0 amide bonds. The van der Waals surface area contributed by atoms with Crippen molar-refractivity contribution in [3.63, 3.8) is 0 Å². The predicted octanol–water partition coefficient (Wildman–Crippen LogP) is 2.06. The maximum Gasteiger partial charge on any atom is 0.248 e. The van der Waals surface area contributed by atoms with E-state index in [2.05, 4.69) is 9.97 Å². The van der Waals surface area contributed by atoms with Crippen LogP contribution in [0.1, 0.15) is 18.7 Å². The summed E-state index contributed by atoms with van der Waals surface area (Å²) in [6.07, 6.45) is -0.709. The van der Waals surface area contributed by atoms with E-state index in [1.807, 2.05) is 24.3 Å². The van der Waals surface area contributed by atoms with Crippen LogP contribution in [0.3, 0.4) is 0 Å². The Kier molecular flexibility index (Phi) is 2.06. The number of nitrogens with one attached hydrogen (secondary N) is 2. The van der Waals surface area contributed by atoms with Crippen LogP contribution < -0.4 is 5.56 Å². The van der Waals surface area contributed by atoms with Crippen LogP contribution in [0.15, 0.2) is 35.1 Å². The lowest BCUT2D eigenvalue weighted by Crippen LogP contribution is -2.09. The summed E-state index contributed by atoms with van der Waals surface area (Å²) in [4.78, 5) is 17.5. The highest BCUT2D eigenvalue weighted by Crippen LogP contribution is 2.27. The molecule has 3 rings (SSSR count). The van der Waals surface area contributed by atoms with Crippen LogP contribution in [0.2, 0.25) is 0 Å². The molecular formula is C13H12N2O2. The maximum absolute atomic E-state index is 11.6. The Balaban J connectivity index is 2.56. The van der Waals surface area contributed by atoms with Gasteiger partial charge in [-0.25, -0.2) is 0 Å². The number of aromatic amines is 2. The number of aliphatic hydroxyl groups is 1. The molecule has 1 aromatic carbocycles. The molecule has 0 unspecified atom stereocenters. The molecule has 0 bridgehead atoms. The Morgan fingerprint density at radius 2 is 1.94 bits per heavy atom. The quantitative estimate of drug-likeness (QED) is 0.596. The molecule has 2 heterocycles. The first-order chi connectivity index (χ1) is 8.16. The van der Waals surface area contributed by atoms with Crippen LogP contribution >= 0.6 is 0 Å². The van der Waals surface area contributed by atoms with E-state index in [0.29, 0.717) is 5.69 Å². The molecule has 4 heteroatoms. The lowest BCUT2D eigenvalue weighted by molar-refractivity contribution is 0.195. The van der Waals surface area contributed by atoms with Crippen molar-refractivity contribution in [3.8, 4) is 0 Å². The first kappa shape index (κ1) is 10.1. The molecule has 0 fully saturated rings. The number of pyridine rings is 1. The summed E-state index contributed by atoms with van der Waals surface area (Å²) < 4.78 is 0. The molecule has 3 N–H and O–H groups in total. The average Bonchev–Trinajstić information content (AvgIpc) is 2.66. The molecule has 0 saturated carbocycles. The third-order valence-electron chi connectivity index (χ3n) is 2.97. The van der Waals surface area contributed by atoms with Gasteiger partial charge in [0.15, 0.2) is 0 Å². The Bertz CT molecular complexity index is 753. The van der Waals surface area contributed by atoms with Crippen LogP contribution in [0.25, 0.3) is 21.8 Å². The normalized spacial score (nSPS) is 13.3. The molecule has 2 aromatic heterocycles. The van der Waals surface area contributed by atoms with E-state index in [9.17, 15) is 9.90 Å². The summed E-state index contributed by atoms with van der Waals surface area (Å²) in [5.74, 6) is 0. The number of benzene rings is 1.